The molecule has 3 N–H and O–H groups in total. The van der Waals surface area contributed by atoms with E-state index in [1.54, 1.807) is 35.8 Å². The Balaban J connectivity index is 2.16. The largest absolute Gasteiger partial charge is 0.478 e. The van der Waals surface area contributed by atoms with Gasteiger partial charge in [-0.15, -0.1) is 0 Å². The van der Waals surface area contributed by atoms with E-state index in [4.69, 9.17) is 10.5 Å². The quantitative estimate of drug-likeness (QED) is 0.432. The van der Waals surface area contributed by atoms with Gasteiger partial charge in [0, 0.05) is 36.6 Å². The van der Waals surface area contributed by atoms with Gasteiger partial charge < -0.3 is 20.1 Å². The molecule has 0 saturated heterocycles. The molecule has 1 aromatic carbocycles. The average Bonchev–Trinajstić information content (AvgIpc) is 2.99. The Labute approximate surface area is 145 Å². The fraction of sp³-hybridized carbons (Fsp3) is 0.278. The van der Waals surface area contributed by atoms with Crippen molar-refractivity contribution in [2.24, 2.45) is 0 Å². The SMILES string of the molecule is CCOC(=O)CCCn1cc(C(=O)O)c(C(=O)c2ccc(N)cc2)c1. The molecule has 132 valence electrons. The zero-order valence-electron chi connectivity index (χ0n) is 13.9. The van der Waals surface area contributed by atoms with Gasteiger partial charge in [-0.25, -0.2) is 4.79 Å². The predicted octanol–water partition coefficient (Wildman–Crippen LogP) is 2.34. The van der Waals surface area contributed by atoms with E-state index in [9.17, 15) is 19.5 Å². The maximum Gasteiger partial charge on any atom is 0.337 e. The fourth-order valence-electron chi connectivity index (χ4n) is 2.42. The van der Waals surface area contributed by atoms with Gasteiger partial charge in [-0.1, -0.05) is 0 Å². The number of esters is 1. The minimum absolute atomic E-state index is 0.0713. The molecule has 0 fully saturated rings. The number of aromatic carboxylic acids is 1. The number of aryl methyl sites for hydroxylation is 1. The third-order valence-corrected chi connectivity index (χ3v) is 3.63. The Morgan fingerprint density at radius 3 is 2.36 bits per heavy atom. The molecule has 2 rings (SSSR count). The molecule has 0 saturated carbocycles. The van der Waals surface area contributed by atoms with Gasteiger partial charge in [0.2, 0.25) is 0 Å². The molecular formula is C18H20N2O5. The van der Waals surface area contributed by atoms with Crippen LogP contribution in [0.4, 0.5) is 5.69 Å². The highest BCUT2D eigenvalue weighted by Crippen LogP contribution is 2.18. The first-order chi connectivity index (χ1) is 11.9. The number of aromatic nitrogens is 1. The number of carbonyl (C=O) groups excluding carboxylic acids is 2. The van der Waals surface area contributed by atoms with Gasteiger partial charge in [0.25, 0.3) is 0 Å². The predicted molar refractivity (Wildman–Crippen MR) is 91.5 cm³/mol. The molecular weight excluding hydrogens is 324 g/mol. The summed E-state index contributed by atoms with van der Waals surface area (Å²) in [5.74, 6) is -1.87. The summed E-state index contributed by atoms with van der Waals surface area (Å²) in [6, 6.07) is 6.29. The lowest BCUT2D eigenvalue weighted by molar-refractivity contribution is -0.143. The Morgan fingerprint density at radius 2 is 1.76 bits per heavy atom. The zero-order valence-corrected chi connectivity index (χ0v) is 13.9. The number of carboxylic acids is 1. The van der Waals surface area contributed by atoms with Crippen LogP contribution < -0.4 is 5.73 Å². The molecule has 0 bridgehead atoms. The van der Waals surface area contributed by atoms with Crippen molar-refractivity contribution < 1.29 is 24.2 Å². The van der Waals surface area contributed by atoms with E-state index in [0.29, 0.717) is 30.8 Å². The summed E-state index contributed by atoms with van der Waals surface area (Å²) in [5, 5.41) is 9.34. The number of carboxylic acid groups (broad SMARTS) is 1. The molecule has 7 nitrogen and oxygen atoms in total. The summed E-state index contributed by atoms with van der Waals surface area (Å²) in [7, 11) is 0. The molecule has 0 spiro atoms. The van der Waals surface area contributed by atoms with Gasteiger partial charge in [-0.3, -0.25) is 9.59 Å². The number of anilines is 1. The zero-order chi connectivity index (χ0) is 18.4. The number of hydrogen-bond acceptors (Lipinski definition) is 5. The molecule has 1 aromatic heterocycles. The number of rotatable bonds is 8. The number of nitrogens with zero attached hydrogens (tertiary/aromatic N) is 1. The minimum atomic E-state index is -1.18. The number of hydrogen-bond donors (Lipinski definition) is 2. The molecule has 1 heterocycles. The van der Waals surface area contributed by atoms with E-state index < -0.39 is 5.97 Å². The first kappa shape index (κ1) is 18.3. The number of nitrogen functional groups attached to an aromatic ring is 1. The van der Waals surface area contributed by atoms with E-state index >= 15 is 0 Å². The lowest BCUT2D eigenvalue weighted by atomic mass is 10.0. The third-order valence-electron chi connectivity index (χ3n) is 3.63. The highest BCUT2D eigenvalue weighted by atomic mass is 16.5. The first-order valence-electron chi connectivity index (χ1n) is 7.91. The van der Waals surface area contributed by atoms with Crippen LogP contribution >= 0.6 is 0 Å². The van der Waals surface area contributed by atoms with Crippen molar-refractivity contribution in [2.45, 2.75) is 26.3 Å². The summed E-state index contributed by atoms with van der Waals surface area (Å²) >= 11 is 0. The van der Waals surface area contributed by atoms with Crippen LogP contribution in [0, 0.1) is 0 Å². The molecule has 0 aliphatic rings. The van der Waals surface area contributed by atoms with E-state index in [1.807, 2.05) is 0 Å². The van der Waals surface area contributed by atoms with Crippen LogP contribution in [0.2, 0.25) is 0 Å². The van der Waals surface area contributed by atoms with Crippen molar-refractivity contribution in [1.82, 2.24) is 4.57 Å². The van der Waals surface area contributed by atoms with E-state index in [2.05, 4.69) is 0 Å². The second-order valence-corrected chi connectivity index (χ2v) is 5.49. The Hall–Kier alpha value is -3.09. The van der Waals surface area contributed by atoms with Crippen LogP contribution in [-0.4, -0.2) is 34.0 Å². The second-order valence-electron chi connectivity index (χ2n) is 5.49. The molecule has 0 atom stereocenters. The van der Waals surface area contributed by atoms with Gasteiger partial charge in [-0.05, 0) is 37.6 Å². The molecule has 7 heteroatoms. The number of benzene rings is 1. The molecule has 0 radical (unpaired) electrons. The highest BCUT2D eigenvalue weighted by Gasteiger charge is 2.20. The van der Waals surface area contributed by atoms with E-state index in [-0.39, 0.29) is 29.3 Å². The highest BCUT2D eigenvalue weighted by molar-refractivity contribution is 6.14. The molecule has 0 aliphatic heterocycles. The second kappa shape index (κ2) is 8.14. The van der Waals surface area contributed by atoms with Gasteiger partial charge in [0.05, 0.1) is 17.7 Å². The van der Waals surface area contributed by atoms with Crippen LogP contribution in [0.25, 0.3) is 0 Å². The Bertz CT molecular complexity index is 777. The van der Waals surface area contributed by atoms with E-state index in [1.165, 1.54) is 12.4 Å². The Morgan fingerprint density at radius 1 is 1.12 bits per heavy atom. The number of ketones is 1. The molecule has 0 aliphatic carbocycles. The van der Waals surface area contributed by atoms with Gasteiger partial charge >= 0.3 is 11.9 Å². The average molecular weight is 344 g/mol. The number of ether oxygens (including phenoxy) is 1. The van der Waals surface area contributed by atoms with Gasteiger partial charge in [-0.2, -0.15) is 0 Å². The van der Waals surface area contributed by atoms with Crippen molar-refractivity contribution in [2.75, 3.05) is 12.3 Å². The monoisotopic (exact) mass is 344 g/mol. The topological polar surface area (TPSA) is 112 Å². The van der Waals surface area contributed by atoms with Crippen molar-refractivity contribution in [3.05, 3.63) is 53.3 Å². The first-order valence-corrected chi connectivity index (χ1v) is 7.91. The van der Waals surface area contributed by atoms with Crippen LogP contribution in [0.5, 0.6) is 0 Å². The summed E-state index contributed by atoms with van der Waals surface area (Å²) in [5.41, 5.74) is 6.52. The van der Waals surface area contributed by atoms with Crippen LogP contribution in [-0.2, 0) is 16.1 Å². The lowest BCUT2D eigenvalue weighted by Crippen LogP contribution is -2.07. The lowest BCUT2D eigenvalue weighted by Gasteiger charge is -2.03. The molecule has 0 amide bonds. The molecule has 2 aromatic rings. The van der Waals surface area contributed by atoms with Crippen LogP contribution in [0.1, 0.15) is 46.0 Å². The van der Waals surface area contributed by atoms with Crippen molar-refractivity contribution in [3.63, 3.8) is 0 Å². The van der Waals surface area contributed by atoms with Crippen molar-refractivity contribution >= 4 is 23.4 Å². The Kier molecular flexibility index (Phi) is 5.94. The fourth-order valence-corrected chi connectivity index (χ4v) is 2.42. The van der Waals surface area contributed by atoms with Crippen LogP contribution in [0.15, 0.2) is 36.7 Å². The maximum absolute atomic E-state index is 12.6. The smallest absolute Gasteiger partial charge is 0.337 e. The molecule has 25 heavy (non-hydrogen) atoms. The maximum atomic E-state index is 12.6. The normalized spacial score (nSPS) is 10.4. The standard InChI is InChI=1S/C18H20N2O5/c1-2-25-16(21)4-3-9-20-10-14(15(11-20)18(23)24)17(22)12-5-7-13(19)8-6-12/h5-8,10-11H,2-4,9,19H2,1H3,(H,23,24). The van der Waals surface area contributed by atoms with Gasteiger partial charge in [0.1, 0.15) is 0 Å². The third kappa shape index (κ3) is 4.69. The van der Waals surface area contributed by atoms with Gasteiger partial charge in [0.15, 0.2) is 5.78 Å². The molecule has 0 unspecified atom stereocenters. The minimum Gasteiger partial charge on any atom is -0.478 e. The number of carbonyl (C=O) groups is 3. The van der Waals surface area contributed by atoms with Crippen LogP contribution in [0.3, 0.4) is 0 Å². The summed E-state index contributed by atoms with van der Waals surface area (Å²) < 4.78 is 6.45. The summed E-state index contributed by atoms with van der Waals surface area (Å²) in [6.45, 7) is 2.47. The van der Waals surface area contributed by atoms with Crippen molar-refractivity contribution in [1.29, 1.82) is 0 Å². The summed E-state index contributed by atoms with van der Waals surface area (Å²) in [6.07, 6.45) is 3.61. The number of nitrogens with two attached hydrogens (primary N) is 1. The van der Waals surface area contributed by atoms with Crippen molar-refractivity contribution in [3.8, 4) is 0 Å². The summed E-state index contributed by atoms with van der Waals surface area (Å²) in [4.78, 5) is 35.3. The van der Waals surface area contributed by atoms with E-state index in [0.717, 1.165) is 0 Å².